The number of aliphatic hydroxyl groups is 1. The summed E-state index contributed by atoms with van der Waals surface area (Å²) in [6.45, 7) is 3.60. The molecule has 0 spiro atoms. The van der Waals surface area contributed by atoms with Gasteiger partial charge in [-0.05, 0) is 55.8 Å². The molecule has 2 aromatic heterocycles. The van der Waals surface area contributed by atoms with Crippen LogP contribution in [0.2, 0.25) is 0 Å². The van der Waals surface area contributed by atoms with Gasteiger partial charge in [-0.15, -0.1) is 0 Å². The summed E-state index contributed by atoms with van der Waals surface area (Å²) in [5.41, 5.74) is 1.06. The molecule has 210 valence electrons. The number of halogens is 1. The van der Waals surface area contributed by atoms with Gasteiger partial charge >= 0.3 is 0 Å². The van der Waals surface area contributed by atoms with Crippen molar-refractivity contribution in [1.82, 2.24) is 14.3 Å². The van der Waals surface area contributed by atoms with Gasteiger partial charge in [0.25, 0.3) is 11.5 Å². The van der Waals surface area contributed by atoms with Crippen LogP contribution in [0, 0.1) is 12.7 Å². The maximum Gasteiger partial charge on any atom is 0.284 e. The quantitative estimate of drug-likeness (QED) is 0.250. The number of hydrogen-bond acceptors (Lipinski definition) is 6. The zero-order valence-corrected chi connectivity index (χ0v) is 22.8. The van der Waals surface area contributed by atoms with Crippen LogP contribution < -0.4 is 20.3 Å². The van der Waals surface area contributed by atoms with Crippen LogP contribution in [0.4, 0.5) is 10.1 Å². The van der Waals surface area contributed by atoms with E-state index in [4.69, 9.17) is 9.47 Å². The van der Waals surface area contributed by atoms with E-state index in [1.54, 1.807) is 73.4 Å². The number of nitrogens with one attached hydrogen (secondary N) is 1. The van der Waals surface area contributed by atoms with Gasteiger partial charge in [0.15, 0.2) is 11.6 Å². The Bertz CT molecular complexity index is 1780. The molecule has 5 aromatic rings. The van der Waals surface area contributed by atoms with Gasteiger partial charge in [0.05, 0.1) is 36.7 Å². The monoisotopic (exact) mass is 556 g/mol. The molecule has 9 nitrogen and oxygen atoms in total. The van der Waals surface area contributed by atoms with Crippen molar-refractivity contribution in [2.45, 2.75) is 32.9 Å². The Morgan fingerprint density at radius 3 is 2.56 bits per heavy atom. The highest BCUT2D eigenvalue weighted by Gasteiger charge is 2.25. The Labute approximate surface area is 235 Å². The molecule has 41 heavy (non-hydrogen) atoms. The number of hydrogen-bond donors (Lipinski definition) is 2. The number of carbonyl (C=O) groups is 1. The molecule has 0 saturated carbocycles. The van der Waals surface area contributed by atoms with Crippen molar-refractivity contribution >= 4 is 22.5 Å². The lowest BCUT2D eigenvalue weighted by atomic mass is 10.2. The zero-order valence-electron chi connectivity index (χ0n) is 22.8. The molecule has 0 radical (unpaired) electrons. The first-order valence-corrected chi connectivity index (χ1v) is 13.1. The van der Waals surface area contributed by atoms with Crippen LogP contribution in [0.25, 0.3) is 16.6 Å². The smallest absolute Gasteiger partial charge is 0.284 e. The molecule has 0 aliphatic rings. The average Bonchev–Trinajstić information content (AvgIpc) is 3.22. The van der Waals surface area contributed by atoms with E-state index in [-0.39, 0.29) is 23.5 Å². The minimum Gasteiger partial charge on any atom is -0.497 e. The average molecular weight is 557 g/mol. The number of ether oxygens (including phenoxy) is 2. The van der Waals surface area contributed by atoms with Crippen molar-refractivity contribution in [3.63, 3.8) is 0 Å². The highest BCUT2D eigenvalue weighted by Crippen LogP contribution is 2.33. The number of aromatic nitrogens is 3. The van der Waals surface area contributed by atoms with E-state index >= 15 is 4.39 Å². The Hall–Kier alpha value is -4.96. The molecule has 2 N–H and O–H groups in total. The van der Waals surface area contributed by atoms with Gasteiger partial charge in [0.1, 0.15) is 17.1 Å². The van der Waals surface area contributed by atoms with Crippen LogP contribution in [0.1, 0.15) is 29.4 Å². The van der Waals surface area contributed by atoms with Crippen LogP contribution in [0.15, 0.2) is 83.8 Å². The maximum absolute atomic E-state index is 15.1. The Balaban J connectivity index is 1.42. The minimum absolute atomic E-state index is 0.0476. The summed E-state index contributed by atoms with van der Waals surface area (Å²) in [6.07, 6.45) is 1.31. The molecule has 0 unspecified atom stereocenters. The van der Waals surface area contributed by atoms with Gasteiger partial charge in [-0.1, -0.05) is 25.1 Å². The molecule has 0 saturated heterocycles. The second kappa shape index (κ2) is 11.6. The van der Waals surface area contributed by atoms with Crippen LogP contribution in [-0.4, -0.2) is 38.6 Å². The molecular formula is C31H29FN4O5. The Morgan fingerprint density at radius 2 is 1.85 bits per heavy atom. The molecular weight excluding hydrogens is 527 g/mol. The Kier molecular flexibility index (Phi) is 7.84. The number of carbonyl (C=O) groups excluding carboxylic acids is 1. The van der Waals surface area contributed by atoms with E-state index in [0.29, 0.717) is 40.2 Å². The lowest BCUT2D eigenvalue weighted by Crippen LogP contribution is -2.27. The number of methoxy groups -OCH3 is 1. The molecule has 0 aliphatic heterocycles. The summed E-state index contributed by atoms with van der Waals surface area (Å²) < 4.78 is 29.2. The molecule has 1 amide bonds. The fourth-order valence-corrected chi connectivity index (χ4v) is 4.57. The first kappa shape index (κ1) is 27.6. The number of aliphatic hydroxyl groups excluding tert-OH is 1. The van der Waals surface area contributed by atoms with Gasteiger partial charge < -0.3 is 19.9 Å². The predicted molar refractivity (Wildman–Crippen MR) is 154 cm³/mol. The molecule has 0 bridgehead atoms. The van der Waals surface area contributed by atoms with Gasteiger partial charge in [-0.25, -0.2) is 9.07 Å². The van der Waals surface area contributed by atoms with Crippen molar-refractivity contribution in [3.8, 4) is 22.9 Å². The van der Waals surface area contributed by atoms with Gasteiger partial charge in [-0.2, -0.15) is 0 Å². The molecule has 5 rings (SSSR count). The van der Waals surface area contributed by atoms with Crippen molar-refractivity contribution in [2.75, 3.05) is 12.4 Å². The Morgan fingerprint density at radius 1 is 1.07 bits per heavy atom. The normalized spacial score (nSPS) is 11.8. The summed E-state index contributed by atoms with van der Waals surface area (Å²) in [5.74, 6) is -0.405. The first-order valence-electron chi connectivity index (χ1n) is 13.1. The fourth-order valence-electron chi connectivity index (χ4n) is 4.57. The maximum atomic E-state index is 15.1. The van der Waals surface area contributed by atoms with E-state index in [1.807, 2.05) is 13.0 Å². The SMILES string of the molecule is CC[C@H](O)Cn1c(C)c(C(=O)Nc2ccc(Oc3ccnc4cc(OC)ccc34)c(F)c2)c(=O)n1-c1ccccc1. The summed E-state index contributed by atoms with van der Waals surface area (Å²) in [7, 11) is 1.56. The van der Waals surface area contributed by atoms with Crippen LogP contribution in [-0.2, 0) is 6.54 Å². The number of nitrogens with zero attached hydrogens (tertiary/aromatic N) is 3. The van der Waals surface area contributed by atoms with E-state index in [1.165, 1.54) is 16.8 Å². The predicted octanol–water partition coefficient (Wildman–Crippen LogP) is 5.46. The fraction of sp³-hybridized carbons (Fsp3) is 0.194. The van der Waals surface area contributed by atoms with Gasteiger partial charge in [-0.3, -0.25) is 19.3 Å². The number of amides is 1. The highest BCUT2D eigenvalue weighted by atomic mass is 19.1. The summed E-state index contributed by atoms with van der Waals surface area (Å²) in [4.78, 5) is 31.1. The van der Waals surface area contributed by atoms with E-state index in [2.05, 4.69) is 10.3 Å². The molecule has 1 atom stereocenters. The van der Waals surface area contributed by atoms with Crippen molar-refractivity contribution < 1.29 is 23.8 Å². The zero-order chi connectivity index (χ0) is 29.1. The summed E-state index contributed by atoms with van der Waals surface area (Å²) in [5, 5.41) is 13.6. The van der Waals surface area contributed by atoms with Crippen molar-refractivity contribution in [2.24, 2.45) is 0 Å². The topological polar surface area (TPSA) is 108 Å². The largest absolute Gasteiger partial charge is 0.497 e. The number of rotatable bonds is 9. The van der Waals surface area contributed by atoms with Crippen molar-refractivity contribution in [1.29, 1.82) is 0 Å². The molecule has 3 aromatic carbocycles. The first-order chi connectivity index (χ1) is 19.8. The minimum atomic E-state index is -0.715. The summed E-state index contributed by atoms with van der Waals surface area (Å²) >= 11 is 0. The molecule has 10 heteroatoms. The second-order valence-corrected chi connectivity index (χ2v) is 9.45. The highest BCUT2D eigenvalue weighted by molar-refractivity contribution is 6.05. The van der Waals surface area contributed by atoms with Crippen molar-refractivity contribution in [3.05, 3.63) is 106 Å². The van der Waals surface area contributed by atoms with Crippen LogP contribution >= 0.6 is 0 Å². The van der Waals surface area contributed by atoms with E-state index in [9.17, 15) is 14.7 Å². The number of fused-ring (bicyclic) bond motifs is 1. The third-order valence-electron chi connectivity index (χ3n) is 6.80. The number of benzene rings is 3. The number of anilines is 1. The van der Waals surface area contributed by atoms with Crippen LogP contribution in [0.3, 0.4) is 0 Å². The number of pyridine rings is 1. The van der Waals surface area contributed by atoms with Gasteiger partial charge in [0.2, 0.25) is 0 Å². The number of para-hydroxylation sites is 1. The lowest BCUT2D eigenvalue weighted by Gasteiger charge is -2.16. The lowest BCUT2D eigenvalue weighted by molar-refractivity contribution is 0.102. The molecule has 0 fully saturated rings. The summed E-state index contributed by atoms with van der Waals surface area (Å²) in [6, 6.07) is 19.8. The van der Waals surface area contributed by atoms with Gasteiger partial charge in [0, 0.05) is 29.4 Å². The second-order valence-electron chi connectivity index (χ2n) is 9.45. The molecule has 2 heterocycles. The molecule has 0 aliphatic carbocycles. The third-order valence-corrected chi connectivity index (χ3v) is 6.80. The van der Waals surface area contributed by atoms with Crippen LogP contribution in [0.5, 0.6) is 17.2 Å². The van der Waals surface area contributed by atoms with E-state index in [0.717, 1.165) is 6.07 Å². The van der Waals surface area contributed by atoms with E-state index < -0.39 is 23.4 Å². The third kappa shape index (κ3) is 5.55. The standard InChI is InChI=1S/C31H29FN4O5/c1-4-22(37)18-35-19(2)29(31(39)36(35)21-8-6-5-7-9-21)30(38)34-20-10-13-28(25(32)16-20)41-27-14-15-33-26-17-23(40-3)11-12-24(26)27/h5-17,22,37H,4,18H2,1-3H3,(H,34,38)/t22-/m0/s1.